The fourth-order valence-electron chi connectivity index (χ4n) is 3.23. The van der Waals surface area contributed by atoms with Gasteiger partial charge in [0.1, 0.15) is 5.82 Å². The molecule has 1 unspecified atom stereocenters. The summed E-state index contributed by atoms with van der Waals surface area (Å²) in [7, 11) is 4.04. The third-order valence-corrected chi connectivity index (χ3v) is 5.68. The molecule has 0 radical (unpaired) electrons. The number of halogens is 1. The predicted molar refractivity (Wildman–Crippen MR) is 118 cm³/mol. The maximum atomic E-state index is 13.8. The van der Waals surface area contributed by atoms with E-state index in [0.717, 1.165) is 17.8 Å². The van der Waals surface area contributed by atoms with Crippen LogP contribution in [0.3, 0.4) is 0 Å². The molecule has 30 heavy (non-hydrogen) atoms. The number of para-hydroxylation sites is 1. The molecule has 0 saturated carbocycles. The molecule has 2 aromatic carbocycles. The number of nitrogens with zero attached hydrogens (tertiary/aromatic N) is 4. The van der Waals surface area contributed by atoms with Crippen LogP contribution in [0.1, 0.15) is 30.8 Å². The molecule has 1 heterocycles. The minimum Gasteiger partial charge on any atom is -0.323 e. The van der Waals surface area contributed by atoms with Crippen molar-refractivity contribution in [3.05, 3.63) is 71.8 Å². The summed E-state index contributed by atoms with van der Waals surface area (Å²) in [5, 5.41) is 12.1. The Balaban J connectivity index is 1.78. The fourth-order valence-corrected chi connectivity index (χ4v) is 3.97. The highest BCUT2D eigenvalue weighted by Crippen LogP contribution is 2.26. The van der Waals surface area contributed by atoms with Crippen molar-refractivity contribution in [1.29, 1.82) is 0 Å². The van der Waals surface area contributed by atoms with E-state index < -0.39 is 5.82 Å². The van der Waals surface area contributed by atoms with E-state index in [1.807, 2.05) is 32.3 Å². The second kappa shape index (κ2) is 10.4. The quantitative estimate of drug-likeness (QED) is 0.519. The molecular weight excluding hydrogens is 401 g/mol. The first-order valence-electron chi connectivity index (χ1n) is 9.80. The lowest BCUT2D eigenvalue weighted by atomic mass is 10.2. The molecule has 1 atom stereocenters. The first-order chi connectivity index (χ1) is 14.5. The predicted octanol–water partition coefficient (Wildman–Crippen LogP) is 4.21. The highest BCUT2D eigenvalue weighted by molar-refractivity contribution is 7.99. The van der Waals surface area contributed by atoms with Gasteiger partial charge >= 0.3 is 0 Å². The maximum absolute atomic E-state index is 13.8. The molecule has 1 aromatic heterocycles. The summed E-state index contributed by atoms with van der Waals surface area (Å²) < 4.78 is 15.8. The fraction of sp³-hybridized carbons (Fsp3) is 0.318. The highest BCUT2D eigenvalue weighted by Gasteiger charge is 2.22. The first-order valence-corrected chi connectivity index (χ1v) is 10.8. The molecule has 3 aromatic rings. The van der Waals surface area contributed by atoms with Gasteiger partial charge in [-0.15, -0.1) is 10.2 Å². The van der Waals surface area contributed by atoms with Gasteiger partial charge in [-0.25, -0.2) is 4.39 Å². The van der Waals surface area contributed by atoms with E-state index in [1.165, 1.54) is 23.9 Å². The number of rotatable bonds is 9. The SMILES string of the molecule is CCC(c1nnc(SCC(=O)Nc2ccccc2F)n1Cc1ccccc1)N(C)C. The first kappa shape index (κ1) is 22.0. The number of amides is 1. The summed E-state index contributed by atoms with van der Waals surface area (Å²) >= 11 is 1.30. The third kappa shape index (κ3) is 5.46. The van der Waals surface area contributed by atoms with Crippen molar-refractivity contribution in [3.63, 3.8) is 0 Å². The van der Waals surface area contributed by atoms with Crippen LogP contribution in [0.2, 0.25) is 0 Å². The van der Waals surface area contributed by atoms with Crippen LogP contribution >= 0.6 is 11.8 Å². The largest absolute Gasteiger partial charge is 0.323 e. The third-order valence-electron chi connectivity index (χ3n) is 4.72. The Kier molecular flexibility index (Phi) is 7.59. The Morgan fingerprint density at radius 3 is 2.50 bits per heavy atom. The van der Waals surface area contributed by atoms with Crippen LogP contribution < -0.4 is 5.32 Å². The zero-order valence-electron chi connectivity index (χ0n) is 17.4. The van der Waals surface area contributed by atoms with Crippen molar-refractivity contribution >= 4 is 23.4 Å². The molecule has 1 N–H and O–H groups in total. The Labute approximate surface area is 180 Å². The molecule has 0 aliphatic rings. The van der Waals surface area contributed by atoms with E-state index in [-0.39, 0.29) is 23.4 Å². The zero-order valence-corrected chi connectivity index (χ0v) is 18.2. The summed E-state index contributed by atoms with van der Waals surface area (Å²) in [6.07, 6.45) is 0.887. The molecule has 0 saturated heterocycles. The number of hydrogen-bond acceptors (Lipinski definition) is 5. The van der Waals surface area contributed by atoms with Crippen LogP contribution in [0.4, 0.5) is 10.1 Å². The second-order valence-corrected chi connectivity index (χ2v) is 8.06. The van der Waals surface area contributed by atoms with Crippen LogP contribution in [-0.2, 0) is 11.3 Å². The Bertz CT molecular complexity index is 977. The van der Waals surface area contributed by atoms with Crippen molar-refractivity contribution < 1.29 is 9.18 Å². The standard InChI is InChI=1S/C22H26FN5OS/c1-4-19(27(2)3)21-25-26-22(28(21)14-16-10-6-5-7-11-16)30-15-20(29)24-18-13-9-8-12-17(18)23/h5-13,19H,4,14-15H2,1-3H3,(H,24,29). The van der Waals surface area contributed by atoms with Gasteiger partial charge in [0.05, 0.1) is 24.0 Å². The highest BCUT2D eigenvalue weighted by atomic mass is 32.2. The van der Waals surface area contributed by atoms with Crippen LogP contribution in [-0.4, -0.2) is 45.4 Å². The monoisotopic (exact) mass is 427 g/mol. The minimum absolute atomic E-state index is 0.111. The summed E-state index contributed by atoms with van der Waals surface area (Å²) in [4.78, 5) is 14.5. The maximum Gasteiger partial charge on any atom is 0.234 e. The number of anilines is 1. The number of benzene rings is 2. The molecule has 0 bridgehead atoms. The lowest BCUT2D eigenvalue weighted by Crippen LogP contribution is -2.23. The van der Waals surface area contributed by atoms with Crippen LogP contribution in [0, 0.1) is 5.82 Å². The Morgan fingerprint density at radius 1 is 1.13 bits per heavy atom. The molecule has 8 heteroatoms. The average Bonchev–Trinajstić information content (AvgIpc) is 3.11. The van der Waals surface area contributed by atoms with E-state index in [9.17, 15) is 9.18 Å². The molecule has 0 spiro atoms. The van der Waals surface area contributed by atoms with Crippen molar-refractivity contribution in [1.82, 2.24) is 19.7 Å². The van der Waals surface area contributed by atoms with Crippen molar-refractivity contribution in [2.24, 2.45) is 0 Å². The second-order valence-electron chi connectivity index (χ2n) is 7.12. The van der Waals surface area contributed by atoms with Gasteiger partial charge in [0.15, 0.2) is 11.0 Å². The summed E-state index contributed by atoms with van der Waals surface area (Å²) in [5.41, 5.74) is 1.30. The molecule has 3 rings (SSSR count). The van der Waals surface area contributed by atoms with Gasteiger partial charge in [0.2, 0.25) is 5.91 Å². The number of thioether (sulfide) groups is 1. The van der Waals surface area contributed by atoms with Crippen LogP contribution in [0.15, 0.2) is 59.8 Å². The van der Waals surface area contributed by atoms with Crippen molar-refractivity contribution in [2.75, 3.05) is 25.2 Å². The van der Waals surface area contributed by atoms with Crippen LogP contribution in [0.25, 0.3) is 0 Å². The smallest absolute Gasteiger partial charge is 0.234 e. The number of carbonyl (C=O) groups is 1. The van der Waals surface area contributed by atoms with Gasteiger partial charge in [0, 0.05) is 0 Å². The summed E-state index contributed by atoms with van der Waals surface area (Å²) in [5.74, 6) is 0.228. The number of aromatic nitrogens is 3. The molecule has 6 nitrogen and oxygen atoms in total. The molecule has 0 aliphatic carbocycles. The Morgan fingerprint density at radius 2 is 1.83 bits per heavy atom. The van der Waals surface area contributed by atoms with E-state index in [2.05, 4.69) is 44.0 Å². The molecule has 158 valence electrons. The van der Waals surface area contributed by atoms with E-state index in [4.69, 9.17) is 0 Å². The van der Waals surface area contributed by atoms with Gasteiger partial charge in [-0.1, -0.05) is 61.2 Å². The molecule has 0 fully saturated rings. The van der Waals surface area contributed by atoms with Crippen molar-refractivity contribution in [2.45, 2.75) is 31.1 Å². The Hall–Kier alpha value is -2.71. The van der Waals surface area contributed by atoms with Gasteiger partial charge in [-0.3, -0.25) is 9.69 Å². The van der Waals surface area contributed by atoms with Crippen LogP contribution in [0.5, 0.6) is 0 Å². The lowest BCUT2D eigenvalue weighted by Gasteiger charge is -2.23. The van der Waals surface area contributed by atoms with Gasteiger partial charge in [-0.05, 0) is 38.2 Å². The summed E-state index contributed by atoms with van der Waals surface area (Å²) in [6.45, 7) is 2.73. The van der Waals surface area contributed by atoms with Crippen molar-refractivity contribution in [3.8, 4) is 0 Å². The van der Waals surface area contributed by atoms with E-state index in [1.54, 1.807) is 12.1 Å². The van der Waals surface area contributed by atoms with E-state index in [0.29, 0.717) is 11.7 Å². The van der Waals surface area contributed by atoms with Gasteiger partial charge in [0.25, 0.3) is 0 Å². The van der Waals surface area contributed by atoms with Gasteiger partial charge < -0.3 is 9.88 Å². The topological polar surface area (TPSA) is 63.1 Å². The van der Waals surface area contributed by atoms with Gasteiger partial charge in [-0.2, -0.15) is 0 Å². The average molecular weight is 428 g/mol. The summed E-state index contributed by atoms with van der Waals surface area (Å²) in [6, 6.07) is 16.3. The normalized spacial score (nSPS) is 12.2. The lowest BCUT2D eigenvalue weighted by molar-refractivity contribution is -0.113. The number of carbonyl (C=O) groups excluding carboxylic acids is 1. The number of hydrogen-bond donors (Lipinski definition) is 1. The zero-order chi connectivity index (χ0) is 21.5. The van der Waals surface area contributed by atoms with E-state index >= 15 is 0 Å². The molecular formula is C22H26FN5OS. The number of nitrogens with one attached hydrogen (secondary N) is 1. The molecule has 0 aliphatic heterocycles. The molecule has 1 amide bonds. The minimum atomic E-state index is -0.456.